The lowest BCUT2D eigenvalue weighted by atomic mass is 10.3. The molecule has 0 atom stereocenters. The number of ether oxygens (including phenoxy) is 1. The average Bonchev–Trinajstić information content (AvgIpc) is 3.26. The van der Waals surface area contributed by atoms with Crippen LogP contribution in [0.15, 0.2) is 53.8 Å². The molecule has 9 nitrogen and oxygen atoms in total. The highest BCUT2D eigenvalue weighted by Gasteiger charge is 2.29. The summed E-state index contributed by atoms with van der Waals surface area (Å²) >= 11 is 0. The molecule has 1 aliphatic heterocycles. The van der Waals surface area contributed by atoms with Crippen LogP contribution in [-0.4, -0.2) is 65.3 Å². The van der Waals surface area contributed by atoms with E-state index in [1.54, 1.807) is 28.9 Å². The van der Waals surface area contributed by atoms with Gasteiger partial charge in [-0.1, -0.05) is 13.3 Å². The fourth-order valence-electron chi connectivity index (χ4n) is 3.53. The van der Waals surface area contributed by atoms with Crippen molar-refractivity contribution in [3.63, 3.8) is 0 Å². The normalized spacial score (nSPS) is 15.1. The van der Waals surface area contributed by atoms with Gasteiger partial charge in [0, 0.05) is 38.4 Å². The molecule has 1 fully saturated rings. The maximum absolute atomic E-state index is 13.1. The maximum Gasteiger partial charge on any atom is 0.243 e. The van der Waals surface area contributed by atoms with Crippen molar-refractivity contribution in [1.82, 2.24) is 24.1 Å². The van der Waals surface area contributed by atoms with Crippen molar-refractivity contribution in [3.05, 3.63) is 54.6 Å². The maximum atomic E-state index is 13.1. The number of hydrogen-bond acceptors (Lipinski definition) is 7. The molecule has 1 saturated heterocycles. The molecular formula is C22H28N6O3S. The van der Waals surface area contributed by atoms with Crippen molar-refractivity contribution in [2.24, 2.45) is 0 Å². The fourth-order valence-corrected chi connectivity index (χ4v) is 4.95. The number of aromatic nitrogens is 4. The standard InChI is InChI=1S/C22H28N6O3S/c1-3-4-15-31-19-5-7-20(8-6-19)32(29,30)27-13-11-26(12-14-27)21-16-22(24-17-23-21)28-10-9-18(2)25-28/h5-10,16-17H,3-4,11-15H2,1-2H3. The smallest absolute Gasteiger partial charge is 0.243 e. The summed E-state index contributed by atoms with van der Waals surface area (Å²) < 4.78 is 35.0. The van der Waals surface area contributed by atoms with Gasteiger partial charge in [-0.25, -0.2) is 23.1 Å². The number of benzene rings is 1. The number of rotatable bonds is 8. The third-order valence-corrected chi connectivity index (χ3v) is 7.30. The molecule has 32 heavy (non-hydrogen) atoms. The molecule has 3 heterocycles. The van der Waals surface area contributed by atoms with Crippen molar-refractivity contribution in [2.75, 3.05) is 37.7 Å². The lowest BCUT2D eigenvalue weighted by Gasteiger charge is -2.34. The predicted octanol–water partition coefficient (Wildman–Crippen LogP) is 2.66. The second-order valence-corrected chi connectivity index (χ2v) is 9.64. The molecule has 0 bridgehead atoms. The molecule has 1 aromatic carbocycles. The molecule has 0 spiro atoms. The largest absolute Gasteiger partial charge is 0.494 e. The van der Waals surface area contributed by atoms with Crippen LogP contribution in [0.2, 0.25) is 0 Å². The van der Waals surface area contributed by atoms with E-state index in [0.29, 0.717) is 44.4 Å². The number of piperazine rings is 1. The second kappa shape index (κ2) is 9.66. The molecule has 4 rings (SSSR count). The van der Waals surface area contributed by atoms with E-state index in [4.69, 9.17) is 4.74 Å². The van der Waals surface area contributed by atoms with Crippen molar-refractivity contribution in [2.45, 2.75) is 31.6 Å². The summed E-state index contributed by atoms with van der Waals surface area (Å²) in [6.45, 7) is 6.52. The highest BCUT2D eigenvalue weighted by atomic mass is 32.2. The van der Waals surface area contributed by atoms with E-state index >= 15 is 0 Å². The van der Waals surface area contributed by atoms with E-state index in [1.165, 1.54) is 10.6 Å². The summed E-state index contributed by atoms with van der Waals surface area (Å²) in [6, 6.07) is 10.5. The van der Waals surface area contributed by atoms with Gasteiger partial charge in [-0.15, -0.1) is 0 Å². The Bertz CT molecular complexity index is 1140. The summed E-state index contributed by atoms with van der Waals surface area (Å²) in [5, 5.41) is 4.38. The van der Waals surface area contributed by atoms with Gasteiger partial charge in [0.1, 0.15) is 17.9 Å². The Hall–Kier alpha value is -2.98. The first-order valence-electron chi connectivity index (χ1n) is 10.8. The molecule has 0 saturated carbocycles. The van der Waals surface area contributed by atoms with Gasteiger partial charge in [0.05, 0.1) is 17.2 Å². The predicted molar refractivity (Wildman–Crippen MR) is 122 cm³/mol. The van der Waals surface area contributed by atoms with Gasteiger partial charge in [-0.05, 0) is 43.7 Å². The molecule has 0 amide bonds. The van der Waals surface area contributed by atoms with E-state index in [1.807, 2.05) is 25.3 Å². The minimum absolute atomic E-state index is 0.284. The van der Waals surface area contributed by atoms with Crippen molar-refractivity contribution < 1.29 is 13.2 Å². The van der Waals surface area contributed by atoms with Crippen LogP contribution in [0.3, 0.4) is 0 Å². The number of anilines is 1. The van der Waals surface area contributed by atoms with Crippen molar-refractivity contribution >= 4 is 15.8 Å². The number of hydrogen-bond donors (Lipinski definition) is 0. The van der Waals surface area contributed by atoms with Crippen molar-refractivity contribution in [1.29, 1.82) is 0 Å². The third-order valence-electron chi connectivity index (χ3n) is 5.39. The van der Waals surface area contributed by atoms with Crippen molar-refractivity contribution in [3.8, 4) is 11.6 Å². The Labute approximate surface area is 188 Å². The van der Waals surface area contributed by atoms with Gasteiger partial charge < -0.3 is 9.64 Å². The molecule has 2 aromatic heterocycles. The lowest BCUT2D eigenvalue weighted by molar-refractivity contribution is 0.309. The van der Waals surface area contributed by atoms with Crippen LogP contribution in [0.4, 0.5) is 5.82 Å². The molecule has 170 valence electrons. The Balaban J connectivity index is 1.40. The van der Waals surface area contributed by atoms with Gasteiger partial charge in [0.2, 0.25) is 10.0 Å². The van der Waals surface area contributed by atoms with Crippen LogP contribution in [0.1, 0.15) is 25.5 Å². The molecular weight excluding hydrogens is 428 g/mol. The summed E-state index contributed by atoms with van der Waals surface area (Å²) in [5.74, 6) is 2.13. The summed E-state index contributed by atoms with van der Waals surface area (Å²) in [7, 11) is -3.55. The van der Waals surface area contributed by atoms with Gasteiger partial charge in [-0.3, -0.25) is 0 Å². The summed E-state index contributed by atoms with van der Waals surface area (Å²) in [5.41, 5.74) is 0.907. The molecule has 0 radical (unpaired) electrons. The average molecular weight is 457 g/mol. The lowest BCUT2D eigenvalue weighted by Crippen LogP contribution is -2.48. The third kappa shape index (κ3) is 4.91. The minimum atomic E-state index is -3.55. The first-order chi connectivity index (χ1) is 15.5. The zero-order valence-electron chi connectivity index (χ0n) is 18.4. The summed E-state index contributed by atoms with van der Waals surface area (Å²) in [6.07, 6.45) is 5.39. The minimum Gasteiger partial charge on any atom is -0.494 e. The quantitative estimate of drug-likeness (QED) is 0.481. The number of unbranched alkanes of at least 4 members (excludes halogenated alkanes) is 1. The topological polar surface area (TPSA) is 93.5 Å². The zero-order valence-corrected chi connectivity index (χ0v) is 19.2. The monoisotopic (exact) mass is 456 g/mol. The van der Waals surface area contributed by atoms with Crippen LogP contribution in [0, 0.1) is 6.92 Å². The molecule has 0 N–H and O–H groups in total. The number of nitrogens with zero attached hydrogens (tertiary/aromatic N) is 6. The van der Waals surface area contributed by atoms with Crippen LogP contribution in [0.5, 0.6) is 5.75 Å². The highest BCUT2D eigenvalue weighted by Crippen LogP contribution is 2.23. The number of aryl methyl sites for hydroxylation is 1. The Morgan fingerprint density at radius 1 is 1.00 bits per heavy atom. The van der Waals surface area contributed by atoms with Gasteiger partial charge in [-0.2, -0.15) is 9.40 Å². The van der Waals surface area contributed by atoms with Crippen LogP contribution >= 0.6 is 0 Å². The zero-order chi connectivity index (χ0) is 22.6. The van der Waals surface area contributed by atoms with Gasteiger partial charge >= 0.3 is 0 Å². The number of sulfonamides is 1. The van der Waals surface area contributed by atoms with Crippen LogP contribution in [0.25, 0.3) is 5.82 Å². The highest BCUT2D eigenvalue weighted by molar-refractivity contribution is 7.89. The SMILES string of the molecule is CCCCOc1ccc(S(=O)(=O)N2CCN(c3cc(-n4ccc(C)n4)ncn3)CC2)cc1. The molecule has 0 aliphatic carbocycles. The van der Waals surface area contributed by atoms with Gasteiger partial charge in [0.25, 0.3) is 0 Å². The summed E-state index contributed by atoms with van der Waals surface area (Å²) in [4.78, 5) is 11.0. The van der Waals surface area contributed by atoms with Gasteiger partial charge in [0.15, 0.2) is 5.82 Å². The Kier molecular flexibility index (Phi) is 6.71. The molecule has 1 aliphatic rings. The molecule has 10 heteroatoms. The first-order valence-corrected chi connectivity index (χ1v) is 12.2. The van der Waals surface area contributed by atoms with Crippen LogP contribution in [-0.2, 0) is 10.0 Å². The fraction of sp³-hybridized carbons (Fsp3) is 0.409. The second-order valence-electron chi connectivity index (χ2n) is 7.70. The van der Waals surface area contributed by atoms with Crippen LogP contribution < -0.4 is 9.64 Å². The molecule has 3 aromatic rings. The van der Waals surface area contributed by atoms with E-state index in [9.17, 15) is 8.42 Å². The Morgan fingerprint density at radius 3 is 2.38 bits per heavy atom. The van der Waals surface area contributed by atoms with E-state index in [-0.39, 0.29) is 4.90 Å². The first kappa shape index (κ1) is 22.2. The molecule has 0 unspecified atom stereocenters. The Morgan fingerprint density at radius 2 is 1.72 bits per heavy atom. The van der Waals surface area contributed by atoms with E-state index in [0.717, 1.165) is 24.4 Å². The van der Waals surface area contributed by atoms with E-state index in [2.05, 4.69) is 26.9 Å². The van der Waals surface area contributed by atoms with E-state index < -0.39 is 10.0 Å².